The third-order valence-electron chi connectivity index (χ3n) is 3.82. The molecule has 2 N–H and O–H groups in total. The summed E-state index contributed by atoms with van der Waals surface area (Å²) in [6, 6.07) is 3.94. The van der Waals surface area contributed by atoms with Gasteiger partial charge in [-0.1, -0.05) is 6.92 Å². The average molecular weight is 285 g/mol. The Labute approximate surface area is 123 Å². The lowest BCUT2D eigenvalue weighted by Gasteiger charge is -2.35. The number of nitrogens with one attached hydrogen (secondary N) is 2. The summed E-state index contributed by atoms with van der Waals surface area (Å²) in [4.78, 5) is 26.9. The van der Waals surface area contributed by atoms with Gasteiger partial charge in [-0.15, -0.1) is 0 Å². The molecule has 0 unspecified atom stereocenters. The first-order valence-corrected chi connectivity index (χ1v) is 7.29. The predicted octanol–water partition coefficient (Wildman–Crippen LogP) is 1.79. The van der Waals surface area contributed by atoms with Gasteiger partial charge in [0.15, 0.2) is 0 Å². The van der Waals surface area contributed by atoms with Gasteiger partial charge in [-0.05, 0) is 19.8 Å². The van der Waals surface area contributed by atoms with E-state index in [2.05, 4.69) is 32.2 Å². The van der Waals surface area contributed by atoms with Crippen LogP contribution in [0.25, 0.3) is 0 Å². The number of nitrogens with zero attached hydrogens (tertiary/aromatic N) is 3. The van der Waals surface area contributed by atoms with Gasteiger partial charge in [-0.2, -0.15) is 0 Å². The van der Waals surface area contributed by atoms with Gasteiger partial charge in [0.25, 0.3) is 5.56 Å². The number of hydrogen-bond acceptors (Lipinski definition) is 5. The first-order chi connectivity index (χ1) is 10.1. The maximum absolute atomic E-state index is 11.3. The van der Waals surface area contributed by atoms with Gasteiger partial charge >= 0.3 is 0 Å². The van der Waals surface area contributed by atoms with Crippen molar-refractivity contribution in [1.29, 1.82) is 0 Å². The molecule has 21 heavy (non-hydrogen) atoms. The van der Waals surface area contributed by atoms with E-state index in [4.69, 9.17) is 0 Å². The zero-order valence-corrected chi connectivity index (χ0v) is 12.3. The lowest BCUT2D eigenvalue weighted by molar-refractivity contribution is 0.365. The number of hydrogen-bond donors (Lipinski definition) is 2. The molecule has 0 bridgehead atoms. The van der Waals surface area contributed by atoms with Crippen LogP contribution in [0, 0.1) is 6.92 Å². The molecule has 0 saturated heterocycles. The van der Waals surface area contributed by atoms with Crippen LogP contribution in [0.3, 0.4) is 0 Å². The molecule has 1 aliphatic rings. The highest BCUT2D eigenvalue weighted by Gasteiger charge is 2.31. The zero-order chi connectivity index (χ0) is 14.8. The fourth-order valence-corrected chi connectivity index (χ4v) is 2.66. The molecule has 3 rings (SSSR count). The Kier molecular flexibility index (Phi) is 3.68. The number of aromatic nitrogens is 4. The second-order valence-electron chi connectivity index (χ2n) is 5.51. The minimum atomic E-state index is -0.0876. The first-order valence-electron chi connectivity index (χ1n) is 7.29. The largest absolute Gasteiger partial charge is 0.367 e. The van der Waals surface area contributed by atoms with Gasteiger partial charge in [0.05, 0.1) is 12.0 Å². The van der Waals surface area contributed by atoms with E-state index in [1.54, 1.807) is 6.07 Å². The van der Waals surface area contributed by atoms with Gasteiger partial charge in [0.1, 0.15) is 11.6 Å². The van der Waals surface area contributed by atoms with Crippen LogP contribution in [0.2, 0.25) is 0 Å². The summed E-state index contributed by atoms with van der Waals surface area (Å²) < 4.78 is 0. The van der Waals surface area contributed by atoms with E-state index < -0.39 is 0 Å². The van der Waals surface area contributed by atoms with E-state index in [1.807, 2.05) is 13.0 Å². The third kappa shape index (κ3) is 3.09. The molecule has 2 aromatic heterocycles. The van der Waals surface area contributed by atoms with Gasteiger partial charge in [0.2, 0.25) is 0 Å². The highest BCUT2D eigenvalue weighted by Crippen LogP contribution is 2.36. The summed E-state index contributed by atoms with van der Waals surface area (Å²) in [5.41, 5.74) is 1.77. The summed E-state index contributed by atoms with van der Waals surface area (Å²) >= 11 is 0. The van der Waals surface area contributed by atoms with Crippen LogP contribution in [0.4, 0.5) is 5.82 Å². The van der Waals surface area contributed by atoms with E-state index in [0.717, 1.165) is 42.3 Å². The highest BCUT2D eigenvalue weighted by molar-refractivity contribution is 5.38. The molecule has 110 valence electrons. The standard InChI is InChI=1S/C15H19N5O/c1-3-13-18-9(2)4-14(20-13)19-11-5-10(6-11)12-7-15(21)17-8-16-12/h4,7-8,10-11H,3,5-6H2,1-2H3,(H,16,17,21)(H,18,19,20). The van der Waals surface area contributed by atoms with Gasteiger partial charge < -0.3 is 10.3 Å². The molecular formula is C15H19N5O. The van der Waals surface area contributed by atoms with Crippen LogP contribution >= 0.6 is 0 Å². The second kappa shape index (κ2) is 5.63. The van der Waals surface area contributed by atoms with Crippen molar-refractivity contribution in [2.45, 2.75) is 45.1 Å². The van der Waals surface area contributed by atoms with Crippen LogP contribution in [0.1, 0.15) is 42.9 Å². The van der Waals surface area contributed by atoms with Crippen LogP contribution < -0.4 is 10.9 Å². The SMILES string of the molecule is CCc1nc(C)cc(NC2CC(c3cc(=O)[nH]cn3)C2)n1. The minimum absolute atomic E-state index is 0.0876. The van der Waals surface area contributed by atoms with Crippen molar-refractivity contribution in [1.82, 2.24) is 19.9 Å². The zero-order valence-electron chi connectivity index (χ0n) is 12.3. The molecule has 2 aromatic rings. The quantitative estimate of drug-likeness (QED) is 0.894. The maximum atomic E-state index is 11.3. The molecule has 2 heterocycles. The molecule has 1 saturated carbocycles. The fourth-order valence-electron chi connectivity index (χ4n) is 2.66. The molecule has 0 aromatic carbocycles. The predicted molar refractivity (Wildman–Crippen MR) is 80.4 cm³/mol. The normalized spacial score (nSPS) is 20.9. The molecule has 0 amide bonds. The Morgan fingerprint density at radius 2 is 2.14 bits per heavy atom. The van der Waals surface area contributed by atoms with Crippen molar-refractivity contribution >= 4 is 5.82 Å². The lowest BCUT2D eigenvalue weighted by Crippen LogP contribution is -2.35. The number of anilines is 1. The van der Waals surface area contributed by atoms with Crippen molar-refractivity contribution in [3.63, 3.8) is 0 Å². The highest BCUT2D eigenvalue weighted by atomic mass is 16.1. The van der Waals surface area contributed by atoms with Crippen molar-refractivity contribution < 1.29 is 0 Å². The fraction of sp³-hybridized carbons (Fsp3) is 0.467. The molecule has 1 fully saturated rings. The Balaban J connectivity index is 1.62. The van der Waals surface area contributed by atoms with E-state index in [1.165, 1.54) is 6.33 Å². The summed E-state index contributed by atoms with van der Waals surface area (Å²) in [6.07, 6.45) is 4.25. The number of rotatable bonds is 4. The van der Waals surface area contributed by atoms with Crippen molar-refractivity contribution in [3.05, 3.63) is 46.0 Å². The van der Waals surface area contributed by atoms with Crippen LogP contribution in [-0.4, -0.2) is 26.0 Å². The van der Waals surface area contributed by atoms with Crippen molar-refractivity contribution in [2.24, 2.45) is 0 Å². The molecule has 1 aliphatic carbocycles. The number of aromatic amines is 1. The van der Waals surface area contributed by atoms with E-state index in [0.29, 0.717) is 12.0 Å². The molecule has 6 heteroatoms. The molecule has 0 aliphatic heterocycles. The van der Waals surface area contributed by atoms with Crippen molar-refractivity contribution in [2.75, 3.05) is 5.32 Å². The summed E-state index contributed by atoms with van der Waals surface area (Å²) in [6.45, 7) is 4.03. The summed E-state index contributed by atoms with van der Waals surface area (Å²) in [7, 11) is 0. The Morgan fingerprint density at radius 1 is 1.33 bits per heavy atom. The van der Waals surface area contributed by atoms with E-state index in [-0.39, 0.29) is 5.56 Å². The summed E-state index contributed by atoms with van der Waals surface area (Å²) in [5, 5.41) is 3.44. The van der Waals surface area contributed by atoms with Crippen molar-refractivity contribution in [3.8, 4) is 0 Å². The Bertz CT molecular complexity index is 690. The number of H-pyrrole nitrogens is 1. The maximum Gasteiger partial charge on any atom is 0.250 e. The Hall–Kier alpha value is -2.24. The van der Waals surface area contributed by atoms with Gasteiger partial charge in [-0.25, -0.2) is 15.0 Å². The van der Waals surface area contributed by atoms with Crippen LogP contribution in [0.15, 0.2) is 23.3 Å². The molecule has 0 radical (unpaired) electrons. The second-order valence-corrected chi connectivity index (χ2v) is 5.51. The topological polar surface area (TPSA) is 83.6 Å². The molecule has 6 nitrogen and oxygen atoms in total. The van der Waals surface area contributed by atoms with Crippen LogP contribution in [-0.2, 0) is 6.42 Å². The third-order valence-corrected chi connectivity index (χ3v) is 3.82. The average Bonchev–Trinajstić information content (AvgIpc) is 2.41. The van der Waals surface area contributed by atoms with Gasteiger partial charge in [0, 0.05) is 36.2 Å². The molecular weight excluding hydrogens is 266 g/mol. The summed E-state index contributed by atoms with van der Waals surface area (Å²) in [5.74, 6) is 2.12. The van der Waals surface area contributed by atoms with Gasteiger partial charge in [-0.3, -0.25) is 4.79 Å². The monoisotopic (exact) mass is 285 g/mol. The smallest absolute Gasteiger partial charge is 0.250 e. The minimum Gasteiger partial charge on any atom is -0.367 e. The number of aryl methyl sites for hydroxylation is 2. The van der Waals surface area contributed by atoms with E-state index in [9.17, 15) is 4.79 Å². The molecule has 0 atom stereocenters. The Morgan fingerprint density at radius 3 is 2.86 bits per heavy atom. The van der Waals surface area contributed by atoms with Crippen LogP contribution in [0.5, 0.6) is 0 Å². The molecule has 0 spiro atoms. The first kappa shape index (κ1) is 13.7. The lowest BCUT2D eigenvalue weighted by atomic mass is 9.78. The van der Waals surface area contributed by atoms with E-state index >= 15 is 0 Å².